The summed E-state index contributed by atoms with van der Waals surface area (Å²) in [5.74, 6) is 0.140. The van der Waals surface area contributed by atoms with Crippen LogP contribution < -0.4 is 5.32 Å². The zero-order valence-corrected chi connectivity index (χ0v) is 7.35. The predicted molar refractivity (Wildman–Crippen MR) is 50.5 cm³/mol. The number of nitrogens with one attached hydrogen (secondary N) is 2. The monoisotopic (exact) mass is 197 g/mol. The molecule has 1 heterocycles. The van der Waals surface area contributed by atoms with Gasteiger partial charge >= 0.3 is 0 Å². The molecule has 0 saturated carbocycles. The third kappa shape index (κ3) is 1.66. The number of hydrogen-bond donors (Lipinski definition) is 2. The number of imidazole rings is 1. The molecular weight excluding hydrogens is 188 g/mol. The van der Waals surface area contributed by atoms with Crippen molar-refractivity contribution in [3.8, 4) is 0 Å². The van der Waals surface area contributed by atoms with Gasteiger partial charge < -0.3 is 10.3 Å². The maximum Gasteiger partial charge on any atom is 0.201 e. The van der Waals surface area contributed by atoms with Gasteiger partial charge in [0.1, 0.15) is 12.5 Å². The molecule has 14 heavy (non-hydrogen) atoms. The van der Waals surface area contributed by atoms with Gasteiger partial charge in [-0.3, -0.25) is 0 Å². The zero-order chi connectivity index (χ0) is 9.97. The molecular formula is C9H9F2N3. The van der Waals surface area contributed by atoms with E-state index >= 15 is 0 Å². The van der Waals surface area contributed by atoms with Gasteiger partial charge in [0.15, 0.2) is 0 Å². The number of fused-ring (bicyclic) bond motifs is 1. The molecule has 1 aromatic carbocycles. The van der Waals surface area contributed by atoms with E-state index in [1.807, 2.05) is 0 Å². The summed E-state index contributed by atoms with van der Waals surface area (Å²) >= 11 is 0. The van der Waals surface area contributed by atoms with Crippen molar-refractivity contribution in [1.82, 2.24) is 9.97 Å². The summed E-state index contributed by atoms with van der Waals surface area (Å²) in [7, 11) is 0. The lowest BCUT2D eigenvalue weighted by atomic mass is 10.3. The summed E-state index contributed by atoms with van der Waals surface area (Å²) in [6, 6.07) is 4.26. The van der Waals surface area contributed by atoms with Gasteiger partial charge in [-0.1, -0.05) is 0 Å². The van der Waals surface area contributed by atoms with Crippen molar-refractivity contribution in [2.45, 2.75) is 0 Å². The minimum absolute atomic E-state index is 0.197. The van der Waals surface area contributed by atoms with Crippen molar-refractivity contribution in [2.75, 3.05) is 18.5 Å². The van der Waals surface area contributed by atoms with E-state index in [1.165, 1.54) is 12.1 Å². The third-order valence-electron chi connectivity index (χ3n) is 1.83. The molecule has 0 fully saturated rings. The number of aromatic nitrogens is 2. The first-order valence-corrected chi connectivity index (χ1v) is 4.25. The first-order chi connectivity index (χ1) is 6.79. The fourth-order valence-electron chi connectivity index (χ4n) is 1.23. The molecule has 0 bridgehead atoms. The van der Waals surface area contributed by atoms with Crippen LogP contribution in [0.5, 0.6) is 0 Å². The number of alkyl halides is 1. The van der Waals surface area contributed by atoms with Crippen LogP contribution in [0, 0.1) is 5.82 Å². The Morgan fingerprint density at radius 1 is 1.43 bits per heavy atom. The SMILES string of the molecule is FCCNc1nc2ccc(F)cc2[nH]1. The van der Waals surface area contributed by atoms with Gasteiger partial charge in [-0.25, -0.2) is 13.8 Å². The minimum atomic E-state index is -0.467. The van der Waals surface area contributed by atoms with Crippen molar-refractivity contribution in [1.29, 1.82) is 0 Å². The van der Waals surface area contributed by atoms with Crippen LogP contribution in [0.4, 0.5) is 14.7 Å². The highest BCUT2D eigenvalue weighted by Gasteiger charge is 2.02. The highest BCUT2D eigenvalue weighted by molar-refractivity contribution is 5.77. The molecule has 0 spiro atoms. The second-order valence-corrected chi connectivity index (χ2v) is 2.86. The number of rotatable bonds is 3. The van der Waals surface area contributed by atoms with E-state index in [0.29, 0.717) is 17.0 Å². The smallest absolute Gasteiger partial charge is 0.201 e. The van der Waals surface area contributed by atoms with E-state index in [2.05, 4.69) is 15.3 Å². The summed E-state index contributed by atoms with van der Waals surface area (Å²) in [4.78, 5) is 6.93. The van der Waals surface area contributed by atoms with E-state index in [4.69, 9.17) is 0 Å². The van der Waals surface area contributed by atoms with Gasteiger partial charge in [0.25, 0.3) is 0 Å². The Morgan fingerprint density at radius 3 is 3.07 bits per heavy atom. The first kappa shape index (κ1) is 8.93. The molecule has 5 heteroatoms. The molecule has 0 aliphatic carbocycles. The number of hydrogen-bond acceptors (Lipinski definition) is 2. The van der Waals surface area contributed by atoms with Gasteiger partial charge in [0.2, 0.25) is 5.95 Å². The molecule has 2 aromatic rings. The average Bonchev–Trinajstić information content (AvgIpc) is 2.56. The maximum absolute atomic E-state index is 12.8. The summed E-state index contributed by atoms with van der Waals surface area (Å²) in [6.07, 6.45) is 0. The second-order valence-electron chi connectivity index (χ2n) is 2.86. The molecule has 3 nitrogen and oxygen atoms in total. The Labute approximate surface area is 79.2 Å². The van der Waals surface area contributed by atoms with Crippen LogP contribution in [0.2, 0.25) is 0 Å². The number of nitrogens with zero attached hydrogens (tertiary/aromatic N) is 1. The molecule has 2 rings (SSSR count). The van der Waals surface area contributed by atoms with Gasteiger partial charge in [-0.2, -0.15) is 0 Å². The lowest BCUT2D eigenvalue weighted by molar-refractivity contribution is 0.512. The molecule has 0 aliphatic heterocycles. The van der Waals surface area contributed by atoms with E-state index < -0.39 is 6.67 Å². The number of benzene rings is 1. The van der Waals surface area contributed by atoms with Crippen molar-refractivity contribution in [2.24, 2.45) is 0 Å². The summed E-state index contributed by atoms with van der Waals surface area (Å²) in [6.45, 7) is -0.270. The lowest BCUT2D eigenvalue weighted by Crippen LogP contribution is -2.03. The van der Waals surface area contributed by atoms with Crippen LogP contribution in [0.25, 0.3) is 11.0 Å². The first-order valence-electron chi connectivity index (χ1n) is 4.25. The molecule has 0 saturated heterocycles. The molecule has 0 aliphatic rings. The number of H-pyrrole nitrogens is 1. The average molecular weight is 197 g/mol. The van der Waals surface area contributed by atoms with E-state index in [1.54, 1.807) is 6.07 Å². The topological polar surface area (TPSA) is 40.7 Å². The van der Waals surface area contributed by atoms with Crippen LogP contribution >= 0.6 is 0 Å². The molecule has 1 aromatic heterocycles. The molecule has 2 N–H and O–H groups in total. The normalized spacial score (nSPS) is 10.7. The number of anilines is 1. The Hall–Kier alpha value is -1.65. The predicted octanol–water partition coefficient (Wildman–Crippen LogP) is 2.08. The van der Waals surface area contributed by atoms with Gasteiger partial charge in [0, 0.05) is 6.54 Å². The van der Waals surface area contributed by atoms with E-state index in [9.17, 15) is 8.78 Å². The Bertz CT molecular complexity index is 439. The molecule has 0 amide bonds. The highest BCUT2D eigenvalue weighted by Crippen LogP contribution is 2.14. The molecule has 0 radical (unpaired) electrons. The number of halogens is 2. The van der Waals surface area contributed by atoms with Crippen LogP contribution in [0.1, 0.15) is 0 Å². The van der Waals surface area contributed by atoms with Crippen LogP contribution in [-0.4, -0.2) is 23.2 Å². The van der Waals surface area contributed by atoms with Crippen LogP contribution in [-0.2, 0) is 0 Å². The van der Waals surface area contributed by atoms with Gasteiger partial charge in [-0.15, -0.1) is 0 Å². The summed E-state index contributed by atoms with van der Waals surface area (Å²) in [5, 5.41) is 2.74. The summed E-state index contributed by atoms with van der Waals surface area (Å²) in [5.41, 5.74) is 1.26. The fraction of sp³-hybridized carbons (Fsp3) is 0.222. The minimum Gasteiger partial charge on any atom is -0.353 e. The van der Waals surface area contributed by atoms with Crippen molar-refractivity contribution in [3.63, 3.8) is 0 Å². The van der Waals surface area contributed by atoms with Crippen molar-refractivity contribution >= 4 is 17.0 Å². The molecule has 0 unspecified atom stereocenters. The van der Waals surface area contributed by atoms with Gasteiger partial charge in [0.05, 0.1) is 11.0 Å². The lowest BCUT2D eigenvalue weighted by Gasteiger charge is -1.95. The number of aromatic amines is 1. The fourth-order valence-corrected chi connectivity index (χ4v) is 1.23. The molecule has 0 atom stereocenters. The van der Waals surface area contributed by atoms with Gasteiger partial charge in [-0.05, 0) is 18.2 Å². The van der Waals surface area contributed by atoms with Crippen LogP contribution in [0.3, 0.4) is 0 Å². The summed E-state index contributed by atoms with van der Waals surface area (Å²) < 4.78 is 24.6. The Balaban J connectivity index is 2.32. The van der Waals surface area contributed by atoms with E-state index in [0.717, 1.165) is 0 Å². The zero-order valence-electron chi connectivity index (χ0n) is 7.35. The second kappa shape index (κ2) is 3.61. The highest BCUT2D eigenvalue weighted by atomic mass is 19.1. The third-order valence-corrected chi connectivity index (χ3v) is 1.83. The van der Waals surface area contributed by atoms with Crippen molar-refractivity contribution < 1.29 is 8.78 Å². The quantitative estimate of drug-likeness (QED) is 0.790. The standard InChI is InChI=1S/C9H9F2N3/c10-3-4-12-9-13-7-2-1-6(11)5-8(7)14-9/h1-2,5H,3-4H2,(H2,12,13,14). The van der Waals surface area contributed by atoms with E-state index in [-0.39, 0.29) is 12.4 Å². The molecule has 74 valence electrons. The largest absolute Gasteiger partial charge is 0.353 e. The maximum atomic E-state index is 12.8. The van der Waals surface area contributed by atoms with Crippen molar-refractivity contribution in [3.05, 3.63) is 24.0 Å². The van der Waals surface area contributed by atoms with Crippen LogP contribution in [0.15, 0.2) is 18.2 Å². The Morgan fingerprint density at radius 2 is 2.29 bits per heavy atom. The Kier molecular flexibility index (Phi) is 2.30.